The number of rotatable bonds is 1. The third-order valence-electron chi connectivity index (χ3n) is 3.27. The maximum absolute atomic E-state index is 12.1. The Morgan fingerprint density at radius 1 is 1.10 bits per heavy atom. The minimum Gasteiger partial charge on any atom is -0.454 e. The highest BCUT2D eigenvalue weighted by molar-refractivity contribution is 8.04. The van der Waals surface area contributed by atoms with Crippen LogP contribution in [0.1, 0.15) is 5.56 Å². The van der Waals surface area contributed by atoms with E-state index in [0.29, 0.717) is 10.7 Å². The van der Waals surface area contributed by atoms with E-state index in [2.05, 4.69) is 5.32 Å². The first-order chi connectivity index (χ1) is 10.3. The summed E-state index contributed by atoms with van der Waals surface area (Å²) in [4.78, 5) is 13.8. The van der Waals surface area contributed by atoms with Gasteiger partial charge in [-0.3, -0.25) is 4.79 Å². The van der Waals surface area contributed by atoms with Crippen molar-refractivity contribution in [3.05, 3.63) is 52.9 Å². The SMILES string of the molecule is O=C1Nc2ccccc2S/C1=C\c1ccc2c(c1)OCO2. The van der Waals surface area contributed by atoms with E-state index in [1.165, 1.54) is 11.8 Å². The second kappa shape index (κ2) is 4.86. The van der Waals surface area contributed by atoms with Gasteiger partial charge in [-0.1, -0.05) is 30.0 Å². The molecule has 0 bridgehead atoms. The number of amides is 1. The van der Waals surface area contributed by atoms with Crippen LogP contribution in [0.25, 0.3) is 6.08 Å². The van der Waals surface area contributed by atoms with Crippen molar-refractivity contribution in [3.8, 4) is 11.5 Å². The number of para-hydroxylation sites is 1. The zero-order valence-corrected chi connectivity index (χ0v) is 11.8. The van der Waals surface area contributed by atoms with E-state index in [4.69, 9.17) is 9.47 Å². The predicted molar refractivity (Wildman–Crippen MR) is 81.5 cm³/mol. The summed E-state index contributed by atoms with van der Waals surface area (Å²) >= 11 is 1.47. The van der Waals surface area contributed by atoms with Crippen LogP contribution in [0, 0.1) is 0 Å². The molecule has 2 aliphatic rings. The summed E-state index contributed by atoms with van der Waals surface area (Å²) < 4.78 is 10.6. The molecule has 0 aliphatic carbocycles. The molecule has 104 valence electrons. The number of ether oxygens (including phenoxy) is 2. The molecule has 0 unspecified atom stereocenters. The molecule has 0 atom stereocenters. The number of benzene rings is 2. The van der Waals surface area contributed by atoms with Gasteiger partial charge in [-0.15, -0.1) is 0 Å². The van der Waals surface area contributed by atoms with Crippen LogP contribution >= 0.6 is 11.8 Å². The fourth-order valence-electron chi connectivity index (χ4n) is 2.26. The maximum Gasteiger partial charge on any atom is 0.262 e. The minimum atomic E-state index is -0.0867. The van der Waals surface area contributed by atoms with Crippen LogP contribution in [-0.2, 0) is 4.79 Å². The summed E-state index contributed by atoms with van der Waals surface area (Å²) in [6, 6.07) is 13.4. The van der Waals surface area contributed by atoms with Crippen molar-refractivity contribution >= 4 is 29.4 Å². The summed E-state index contributed by atoms with van der Waals surface area (Å²) in [6.07, 6.45) is 1.86. The second-order valence-corrected chi connectivity index (χ2v) is 5.76. The van der Waals surface area contributed by atoms with Crippen LogP contribution in [0.5, 0.6) is 11.5 Å². The van der Waals surface area contributed by atoms with Crippen LogP contribution < -0.4 is 14.8 Å². The van der Waals surface area contributed by atoms with Crippen molar-refractivity contribution in [2.45, 2.75) is 4.90 Å². The monoisotopic (exact) mass is 297 g/mol. The molecule has 2 aliphatic heterocycles. The van der Waals surface area contributed by atoms with Gasteiger partial charge in [0, 0.05) is 4.90 Å². The summed E-state index contributed by atoms with van der Waals surface area (Å²) in [6.45, 7) is 0.248. The lowest BCUT2D eigenvalue weighted by Crippen LogP contribution is -2.17. The van der Waals surface area contributed by atoms with Gasteiger partial charge in [0.05, 0.1) is 10.6 Å². The number of hydrogen-bond donors (Lipinski definition) is 1. The van der Waals surface area contributed by atoms with Crippen molar-refractivity contribution in [1.29, 1.82) is 0 Å². The van der Waals surface area contributed by atoms with Crippen molar-refractivity contribution < 1.29 is 14.3 Å². The standard InChI is InChI=1S/C16H11NO3S/c18-16-15(21-14-4-2-1-3-11(14)17-16)8-10-5-6-12-13(7-10)20-9-19-12/h1-8H,9H2,(H,17,18)/b15-8-. The molecule has 21 heavy (non-hydrogen) atoms. The summed E-state index contributed by atoms with van der Waals surface area (Å²) in [7, 11) is 0. The normalized spacial score (nSPS) is 17.5. The van der Waals surface area contributed by atoms with Crippen molar-refractivity contribution in [2.24, 2.45) is 0 Å². The first-order valence-corrected chi connectivity index (χ1v) is 7.31. The Morgan fingerprint density at radius 2 is 1.95 bits per heavy atom. The van der Waals surface area contributed by atoms with Crippen molar-refractivity contribution in [1.82, 2.24) is 0 Å². The van der Waals surface area contributed by atoms with Crippen LogP contribution in [-0.4, -0.2) is 12.7 Å². The highest BCUT2D eigenvalue weighted by Gasteiger charge is 2.21. The fraction of sp³-hybridized carbons (Fsp3) is 0.0625. The Bertz CT molecular complexity index is 770. The number of nitrogens with one attached hydrogen (secondary N) is 1. The van der Waals surface area contributed by atoms with Gasteiger partial charge in [0.2, 0.25) is 6.79 Å². The smallest absolute Gasteiger partial charge is 0.262 e. The lowest BCUT2D eigenvalue weighted by Gasteiger charge is -2.18. The average molecular weight is 297 g/mol. The largest absolute Gasteiger partial charge is 0.454 e. The Hall–Kier alpha value is -2.40. The van der Waals surface area contributed by atoms with Crippen LogP contribution in [0.15, 0.2) is 52.3 Å². The fourth-order valence-corrected chi connectivity index (χ4v) is 3.21. The van der Waals surface area contributed by atoms with Gasteiger partial charge in [-0.05, 0) is 35.9 Å². The van der Waals surface area contributed by atoms with Gasteiger partial charge in [-0.2, -0.15) is 0 Å². The first kappa shape index (κ1) is 12.3. The van der Waals surface area contributed by atoms with E-state index in [-0.39, 0.29) is 12.7 Å². The predicted octanol–water partition coefficient (Wildman–Crippen LogP) is 3.50. The van der Waals surface area contributed by atoms with Crippen LogP contribution in [0.4, 0.5) is 5.69 Å². The maximum atomic E-state index is 12.1. The summed E-state index contributed by atoms with van der Waals surface area (Å²) in [5, 5.41) is 2.90. The van der Waals surface area contributed by atoms with Gasteiger partial charge in [0.15, 0.2) is 11.5 Å². The Balaban J connectivity index is 1.68. The van der Waals surface area contributed by atoms with Gasteiger partial charge in [0.1, 0.15) is 0 Å². The van der Waals surface area contributed by atoms with Crippen LogP contribution in [0.2, 0.25) is 0 Å². The lowest BCUT2D eigenvalue weighted by molar-refractivity contribution is -0.112. The number of thioether (sulfide) groups is 1. The zero-order chi connectivity index (χ0) is 14.2. The van der Waals surface area contributed by atoms with Crippen molar-refractivity contribution in [3.63, 3.8) is 0 Å². The molecule has 4 rings (SSSR count). The molecule has 1 N–H and O–H groups in total. The molecule has 0 saturated carbocycles. The molecule has 2 aromatic carbocycles. The Kier molecular flexibility index (Phi) is 2.86. The minimum absolute atomic E-state index is 0.0867. The van der Waals surface area contributed by atoms with E-state index < -0.39 is 0 Å². The molecular weight excluding hydrogens is 286 g/mol. The first-order valence-electron chi connectivity index (χ1n) is 6.49. The van der Waals surface area contributed by atoms with E-state index >= 15 is 0 Å². The number of anilines is 1. The highest BCUT2D eigenvalue weighted by Crippen LogP contribution is 2.39. The number of hydrogen-bond acceptors (Lipinski definition) is 4. The highest BCUT2D eigenvalue weighted by atomic mass is 32.2. The number of fused-ring (bicyclic) bond motifs is 2. The molecule has 0 saturated heterocycles. The molecule has 0 aromatic heterocycles. The Labute approximate surface area is 125 Å². The second-order valence-electron chi connectivity index (χ2n) is 4.67. The molecule has 0 radical (unpaired) electrons. The summed E-state index contributed by atoms with van der Waals surface area (Å²) in [5.41, 5.74) is 1.77. The zero-order valence-electron chi connectivity index (χ0n) is 11.0. The Morgan fingerprint density at radius 3 is 2.90 bits per heavy atom. The lowest BCUT2D eigenvalue weighted by atomic mass is 10.2. The third-order valence-corrected chi connectivity index (χ3v) is 4.37. The van der Waals surface area contributed by atoms with E-state index in [1.54, 1.807) is 0 Å². The van der Waals surface area contributed by atoms with Gasteiger partial charge in [-0.25, -0.2) is 0 Å². The van der Waals surface area contributed by atoms with Gasteiger partial charge in [0.25, 0.3) is 5.91 Å². The molecule has 0 spiro atoms. The van der Waals surface area contributed by atoms with Gasteiger partial charge < -0.3 is 14.8 Å². The molecule has 2 aromatic rings. The third kappa shape index (κ3) is 2.25. The van der Waals surface area contributed by atoms with Gasteiger partial charge >= 0.3 is 0 Å². The molecular formula is C16H11NO3S. The molecule has 4 nitrogen and oxygen atoms in total. The van der Waals surface area contributed by atoms with E-state index in [1.807, 2.05) is 48.5 Å². The molecule has 2 heterocycles. The van der Waals surface area contributed by atoms with E-state index in [0.717, 1.165) is 21.9 Å². The number of carbonyl (C=O) groups excluding carboxylic acids is 1. The molecule has 0 fully saturated rings. The van der Waals surface area contributed by atoms with Crippen molar-refractivity contribution in [2.75, 3.05) is 12.1 Å². The van der Waals surface area contributed by atoms with E-state index in [9.17, 15) is 4.79 Å². The topological polar surface area (TPSA) is 47.6 Å². The summed E-state index contributed by atoms with van der Waals surface area (Å²) in [5.74, 6) is 1.37. The molecule has 1 amide bonds. The molecule has 5 heteroatoms. The quantitative estimate of drug-likeness (QED) is 0.818. The number of carbonyl (C=O) groups is 1. The van der Waals surface area contributed by atoms with Crippen LogP contribution in [0.3, 0.4) is 0 Å². The average Bonchev–Trinajstić information content (AvgIpc) is 2.95.